The largest absolute Gasteiger partial charge is 0.491 e. The smallest absolute Gasteiger partial charge is 0.144 e. The molecule has 0 radical (unpaired) electrons. The Bertz CT molecular complexity index is 596. The topological polar surface area (TPSA) is 38.5 Å². The minimum Gasteiger partial charge on any atom is -0.491 e. The van der Waals surface area contributed by atoms with E-state index in [-0.39, 0.29) is 0 Å². The summed E-state index contributed by atoms with van der Waals surface area (Å²) in [7, 11) is 0. The molecule has 3 heteroatoms. The number of nitrogens with two attached hydrogens (primary N) is 1. The van der Waals surface area contributed by atoms with E-state index in [0.29, 0.717) is 12.3 Å². The summed E-state index contributed by atoms with van der Waals surface area (Å²) in [6.07, 6.45) is 0.971. The quantitative estimate of drug-likeness (QED) is 0.792. The van der Waals surface area contributed by atoms with Crippen LogP contribution in [0, 0.1) is 6.92 Å². The summed E-state index contributed by atoms with van der Waals surface area (Å²) in [6.45, 7) is 7.85. The number of para-hydroxylation sites is 1. The molecule has 0 aliphatic rings. The van der Waals surface area contributed by atoms with E-state index in [9.17, 15) is 0 Å². The van der Waals surface area contributed by atoms with Gasteiger partial charge < -0.3 is 15.4 Å². The zero-order valence-corrected chi connectivity index (χ0v) is 13.1. The first-order valence-electron chi connectivity index (χ1n) is 7.52. The third kappa shape index (κ3) is 3.48. The second-order valence-electron chi connectivity index (χ2n) is 5.12. The summed E-state index contributed by atoms with van der Waals surface area (Å²) in [5.74, 6) is 0.764. The molecule has 0 aliphatic carbocycles. The summed E-state index contributed by atoms with van der Waals surface area (Å²) < 4.78 is 5.73. The summed E-state index contributed by atoms with van der Waals surface area (Å²) in [6, 6.07) is 14.4. The molecule has 2 aromatic rings. The van der Waals surface area contributed by atoms with Crippen molar-refractivity contribution >= 4 is 17.1 Å². The molecule has 21 heavy (non-hydrogen) atoms. The van der Waals surface area contributed by atoms with Gasteiger partial charge in [-0.1, -0.05) is 25.1 Å². The van der Waals surface area contributed by atoms with Gasteiger partial charge in [-0.2, -0.15) is 0 Å². The predicted octanol–water partition coefficient (Wildman–Crippen LogP) is 4.52. The highest BCUT2D eigenvalue weighted by Crippen LogP contribution is 2.36. The Morgan fingerprint density at radius 3 is 2.52 bits per heavy atom. The van der Waals surface area contributed by atoms with Crippen LogP contribution in [0.25, 0.3) is 0 Å². The molecule has 3 nitrogen and oxygen atoms in total. The van der Waals surface area contributed by atoms with Crippen LogP contribution in [0.2, 0.25) is 0 Å². The molecule has 0 atom stereocenters. The maximum absolute atomic E-state index is 6.31. The number of aryl methyl sites for hydroxylation is 1. The van der Waals surface area contributed by atoms with E-state index in [1.54, 1.807) is 0 Å². The van der Waals surface area contributed by atoms with Gasteiger partial charge in [0.15, 0.2) is 0 Å². The van der Waals surface area contributed by atoms with Gasteiger partial charge in [-0.15, -0.1) is 0 Å². The van der Waals surface area contributed by atoms with Gasteiger partial charge in [-0.25, -0.2) is 0 Å². The molecule has 2 rings (SSSR count). The highest BCUT2D eigenvalue weighted by molar-refractivity contribution is 5.79. The van der Waals surface area contributed by atoms with Crippen molar-refractivity contribution in [3.05, 3.63) is 48.0 Å². The van der Waals surface area contributed by atoms with Crippen LogP contribution in [0.5, 0.6) is 5.75 Å². The zero-order chi connectivity index (χ0) is 15.2. The van der Waals surface area contributed by atoms with Crippen molar-refractivity contribution in [2.45, 2.75) is 27.2 Å². The highest BCUT2D eigenvalue weighted by atomic mass is 16.5. The number of nitrogen functional groups attached to an aromatic ring is 1. The van der Waals surface area contributed by atoms with Gasteiger partial charge in [0.1, 0.15) is 5.75 Å². The van der Waals surface area contributed by atoms with Gasteiger partial charge in [0.25, 0.3) is 0 Å². The lowest BCUT2D eigenvalue weighted by molar-refractivity contribution is 0.319. The molecular formula is C18H24N2O. The lowest BCUT2D eigenvalue weighted by atomic mass is 10.1. The number of rotatable bonds is 6. The standard InChI is InChI=1S/C18H24N2O/c1-4-12-21-17-11-7-10-16(18(17)19)20(5-2)15-9-6-8-14(3)13-15/h6-11,13H,4-5,12,19H2,1-3H3. The van der Waals surface area contributed by atoms with E-state index in [4.69, 9.17) is 10.5 Å². The SMILES string of the molecule is CCCOc1cccc(N(CC)c2cccc(C)c2)c1N. The maximum atomic E-state index is 6.31. The average Bonchev–Trinajstić information content (AvgIpc) is 2.48. The number of hydrogen-bond acceptors (Lipinski definition) is 3. The van der Waals surface area contributed by atoms with Crippen LogP contribution in [0.1, 0.15) is 25.8 Å². The van der Waals surface area contributed by atoms with E-state index >= 15 is 0 Å². The van der Waals surface area contributed by atoms with Gasteiger partial charge in [-0.3, -0.25) is 0 Å². The summed E-state index contributed by atoms with van der Waals surface area (Å²) >= 11 is 0. The van der Waals surface area contributed by atoms with Crippen molar-refractivity contribution in [1.29, 1.82) is 0 Å². The number of anilines is 3. The minimum absolute atomic E-state index is 0.685. The molecule has 0 spiro atoms. The Kier molecular flexibility index (Phi) is 5.09. The number of hydrogen-bond donors (Lipinski definition) is 1. The molecule has 0 aromatic heterocycles. The van der Waals surface area contributed by atoms with Crippen LogP contribution in [0.3, 0.4) is 0 Å². The third-order valence-corrected chi connectivity index (χ3v) is 3.43. The van der Waals surface area contributed by atoms with Crippen molar-refractivity contribution < 1.29 is 4.74 Å². The van der Waals surface area contributed by atoms with Crippen LogP contribution < -0.4 is 15.4 Å². The first kappa shape index (κ1) is 15.2. The minimum atomic E-state index is 0.685. The molecule has 0 saturated carbocycles. The maximum Gasteiger partial charge on any atom is 0.144 e. The lowest BCUT2D eigenvalue weighted by Gasteiger charge is -2.26. The van der Waals surface area contributed by atoms with Crippen molar-refractivity contribution in [2.24, 2.45) is 0 Å². The Hall–Kier alpha value is -2.16. The number of ether oxygens (including phenoxy) is 1. The predicted molar refractivity (Wildman–Crippen MR) is 90.5 cm³/mol. The monoisotopic (exact) mass is 284 g/mol. The van der Waals surface area contributed by atoms with Gasteiger partial charge in [0.05, 0.1) is 18.0 Å². The van der Waals surface area contributed by atoms with Crippen LogP contribution in [0.15, 0.2) is 42.5 Å². The molecule has 0 bridgehead atoms. The van der Waals surface area contributed by atoms with Gasteiger partial charge in [0.2, 0.25) is 0 Å². The molecule has 0 unspecified atom stereocenters. The number of nitrogens with zero attached hydrogens (tertiary/aromatic N) is 1. The summed E-state index contributed by atoms with van der Waals surface area (Å²) in [5, 5.41) is 0. The third-order valence-electron chi connectivity index (χ3n) is 3.43. The Morgan fingerprint density at radius 1 is 1.10 bits per heavy atom. The van der Waals surface area contributed by atoms with Gasteiger partial charge >= 0.3 is 0 Å². The van der Waals surface area contributed by atoms with Crippen molar-refractivity contribution in [1.82, 2.24) is 0 Å². The van der Waals surface area contributed by atoms with E-state index in [1.165, 1.54) is 5.56 Å². The second kappa shape index (κ2) is 7.02. The molecule has 0 fully saturated rings. The molecule has 2 N–H and O–H groups in total. The first-order chi connectivity index (χ1) is 10.2. The molecule has 2 aromatic carbocycles. The Morgan fingerprint density at radius 2 is 1.86 bits per heavy atom. The fraction of sp³-hybridized carbons (Fsp3) is 0.333. The van der Waals surface area contributed by atoms with E-state index < -0.39 is 0 Å². The fourth-order valence-electron chi connectivity index (χ4n) is 2.39. The van der Waals surface area contributed by atoms with Crippen molar-refractivity contribution in [3.8, 4) is 5.75 Å². The molecular weight excluding hydrogens is 260 g/mol. The Labute approximate surface area is 127 Å². The molecule has 0 heterocycles. The van der Waals surface area contributed by atoms with E-state index in [1.807, 2.05) is 18.2 Å². The summed E-state index contributed by atoms with van der Waals surface area (Å²) in [4.78, 5) is 2.21. The zero-order valence-electron chi connectivity index (χ0n) is 13.1. The Balaban J connectivity index is 2.38. The molecule has 0 saturated heterocycles. The molecule has 0 amide bonds. The molecule has 112 valence electrons. The number of benzene rings is 2. The molecule has 0 aliphatic heterocycles. The van der Waals surface area contributed by atoms with Crippen LogP contribution in [-0.2, 0) is 0 Å². The summed E-state index contributed by atoms with van der Waals surface area (Å²) in [5.41, 5.74) is 10.4. The van der Waals surface area contributed by atoms with Gasteiger partial charge in [0, 0.05) is 12.2 Å². The highest BCUT2D eigenvalue weighted by Gasteiger charge is 2.13. The van der Waals surface area contributed by atoms with Gasteiger partial charge in [-0.05, 0) is 50.1 Å². The van der Waals surface area contributed by atoms with Crippen LogP contribution >= 0.6 is 0 Å². The van der Waals surface area contributed by atoms with E-state index in [0.717, 1.165) is 30.1 Å². The van der Waals surface area contributed by atoms with Crippen LogP contribution in [-0.4, -0.2) is 13.2 Å². The first-order valence-corrected chi connectivity index (χ1v) is 7.52. The normalized spacial score (nSPS) is 10.4. The second-order valence-corrected chi connectivity index (χ2v) is 5.12. The lowest BCUT2D eigenvalue weighted by Crippen LogP contribution is -2.18. The average molecular weight is 284 g/mol. The van der Waals surface area contributed by atoms with Crippen molar-refractivity contribution in [2.75, 3.05) is 23.8 Å². The van der Waals surface area contributed by atoms with E-state index in [2.05, 4.69) is 49.9 Å². The van der Waals surface area contributed by atoms with Crippen LogP contribution in [0.4, 0.5) is 17.1 Å². The van der Waals surface area contributed by atoms with Crippen molar-refractivity contribution in [3.63, 3.8) is 0 Å². The fourth-order valence-corrected chi connectivity index (χ4v) is 2.39.